The van der Waals surface area contributed by atoms with Crippen LogP contribution in [-0.4, -0.2) is 40.3 Å². The van der Waals surface area contributed by atoms with Gasteiger partial charge in [-0.2, -0.15) is 0 Å². The van der Waals surface area contributed by atoms with Crippen molar-refractivity contribution in [3.8, 4) is 23.0 Å². The van der Waals surface area contributed by atoms with Gasteiger partial charge in [-0.15, -0.1) is 0 Å². The number of methoxy groups -OCH3 is 4. The van der Waals surface area contributed by atoms with Crippen LogP contribution < -0.4 is 29.6 Å². The molecule has 0 spiro atoms. The minimum atomic E-state index is -0.398. The third-order valence-electron chi connectivity index (χ3n) is 4.70. The Morgan fingerprint density at radius 1 is 0.594 bits per heavy atom. The van der Waals surface area contributed by atoms with Crippen molar-refractivity contribution in [2.24, 2.45) is 0 Å². The summed E-state index contributed by atoms with van der Waals surface area (Å²) in [6.45, 7) is 0. The van der Waals surface area contributed by atoms with Crippen LogP contribution in [0.2, 0.25) is 0 Å². The maximum atomic E-state index is 12.8. The highest BCUT2D eigenvalue weighted by molar-refractivity contribution is 6.09. The van der Waals surface area contributed by atoms with E-state index < -0.39 is 11.8 Å². The first-order valence-corrected chi connectivity index (χ1v) is 9.66. The van der Waals surface area contributed by atoms with Gasteiger partial charge < -0.3 is 29.6 Å². The van der Waals surface area contributed by atoms with Gasteiger partial charge in [0.1, 0.15) is 23.0 Å². The fraction of sp³-hybridized carbons (Fsp3) is 0.167. The largest absolute Gasteiger partial charge is 0.497 e. The highest BCUT2D eigenvalue weighted by atomic mass is 16.5. The molecule has 3 aromatic carbocycles. The lowest BCUT2D eigenvalue weighted by atomic mass is 10.1. The lowest BCUT2D eigenvalue weighted by Crippen LogP contribution is -2.16. The summed E-state index contributed by atoms with van der Waals surface area (Å²) in [6.07, 6.45) is 0. The lowest BCUT2D eigenvalue weighted by molar-refractivity contribution is 0.102. The molecule has 0 atom stereocenters. The van der Waals surface area contributed by atoms with Gasteiger partial charge in [0.15, 0.2) is 0 Å². The van der Waals surface area contributed by atoms with Gasteiger partial charge in [-0.3, -0.25) is 9.59 Å². The molecule has 0 aliphatic heterocycles. The first-order chi connectivity index (χ1) is 15.5. The number of nitrogens with one attached hydrogen (secondary N) is 2. The van der Waals surface area contributed by atoms with Gasteiger partial charge in [-0.05, 0) is 42.5 Å². The molecular formula is C24H24N2O6. The molecule has 0 unspecified atom stereocenters. The van der Waals surface area contributed by atoms with E-state index in [9.17, 15) is 9.59 Å². The highest BCUT2D eigenvalue weighted by Gasteiger charge is 2.15. The second-order valence-corrected chi connectivity index (χ2v) is 6.62. The highest BCUT2D eigenvalue weighted by Crippen LogP contribution is 2.30. The average molecular weight is 436 g/mol. The van der Waals surface area contributed by atoms with Crippen molar-refractivity contribution in [1.29, 1.82) is 0 Å². The van der Waals surface area contributed by atoms with Crippen LogP contribution >= 0.6 is 0 Å². The smallest absolute Gasteiger partial charge is 0.255 e. The summed E-state index contributed by atoms with van der Waals surface area (Å²) in [6, 6.07) is 16.5. The first kappa shape index (κ1) is 22.5. The monoisotopic (exact) mass is 436 g/mol. The van der Waals surface area contributed by atoms with E-state index in [1.807, 2.05) is 0 Å². The van der Waals surface area contributed by atoms with Crippen LogP contribution in [0, 0.1) is 0 Å². The van der Waals surface area contributed by atoms with Crippen molar-refractivity contribution in [3.05, 3.63) is 71.8 Å². The molecule has 0 saturated heterocycles. The maximum Gasteiger partial charge on any atom is 0.255 e. The second kappa shape index (κ2) is 10.2. The molecule has 0 saturated carbocycles. The topological polar surface area (TPSA) is 95.1 Å². The van der Waals surface area contributed by atoms with Crippen LogP contribution in [0.25, 0.3) is 0 Å². The molecule has 3 aromatic rings. The van der Waals surface area contributed by atoms with Gasteiger partial charge in [-0.25, -0.2) is 0 Å². The summed E-state index contributed by atoms with van der Waals surface area (Å²) < 4.78 is 21.0. The van der Waals surface area contributed by atoms with Crippen LogP contribution in [0.4, 0.5) is 11.4 Å². The van der Waals surface area contributed by atoms with E-state index >= 15 is 0 Å². The molecule has 32 heavy (non-hydrogen) atoms. The van der Waals surface area contributed by atoms with E-state index in [1.165, 1.54) is 34.5 Å². The van der Waals surface area contributed by atoms with Gasteiger partial charge in [-0.1, -0.05) is 6.07 Å². The van der Waals surface area contributed by atoms with Crippen LogP contribution in [0.1, 0.15) is 20.7 Å². The molecule has 0 radical (unpaired) electrons. The molecule has 166 valence electrons. The molecule has 0 heterocycles. The average Bonchev–Trinajstić information content (AvgIpc) is 2.83. The van der Waals surface area contributed by atoms with Crippen LogP contribution in [0.15, 0.2) is 60.7 Å². The van der Waals surface area contributed by atoms with E-state index in [1.54, 1.807) is 54.6 Å². The van der Waals surface area contributed by atoms with Crippen molar-refractivity contribution in [3.63, 3.8) is 0 Å². The number of benzene rings is 3. The Bertz CT molecular complexity index is 1040. The second-order valence-electron chi connectivity index (χ2n) is 6.62. The zero-order chi connectivity index (χ0) is 23.1. The molecule has 0 aliphatic rings. The number of amides is 2. The molecule has 2 amide bonds. The SMILES string of the molecule is COc1ccc(OC)c(NC(=O)c2cccc(C(=O)Nc3cc(OC)ccc3OC)c2)c1. The number of hydrogen-bond donors (Lipinski definition) is 2. The van der Waals surface area contributed by atoms with Crippen molar-refractivity contribution in [1.82, 2.24) is 0 Å². The van der Waals surface area contributed by atoms with Crippen LogP contribution in [0.5, 0.6) is 23.0 Å². The van der Waals surface area contributed by atoms with E-state index in [0.29, 0.717) is 45.5 Å². The van der Waals surface area contributed by atoms with E-state index in [-0.39, 0.29) is 0 Å². The standard InChI is InChI=1S/C24H24N2O6/c1-29-17-8-10-21(31-3)19(13-17)25-23(27)15-6-5-7-16(12-15)24(28)26-20-14-18(30-2)9-11-22(20)32-4/h5-14H,1-4H3,(H,25,27)(H,26,28). The van der Waals surface area contributed by atoms with E-state index in [2.05, 4.69) is 10.6 Å². The quantitative estimate of drug-likeness (QED) is 0.549. The van der Waals surface area contributed by atoms with Crippen molar-refractivity contribution in [2.45, 2.75) is 0 Å². The third kappa shape index (κ3) is 5.10. The Morgan fingerprint density at radius 3 is 1.41 bits per heavy atom. The predicted octanol–water partition coefficient (Wildman–Crippen LogP) is 4.23. The molecular weight excluding hydrogens is 412 g/mol. The molecule has 8 heteroatoms. The van der Waals surface area contributed by atoms with E-state index in [0.717, 1.165) is 0 Å². The lowest BCUT2D eigenvalue weighted by Gasteiger charge is -2.13. The molecule has 0 aliphatic carbocycles. The minimum absolute atomic E-state index is 0.306. The van der Waals surface area contributed by atoms with Crippen LogP contribution in [-0.2, 0) is 0 Å². The number of hydrogen-bond acceptors (Lipinski definition) is 6. The fourth-order valence-corrected chi connectivity index (χ4v) is 3.01. The van der Waals surface area contributed by atoms with Gasteiger partial charge >= 0.3 is 0 Å². The van der Waals surface area contributed by atoms with Gasteiger partial charge in [0.2, 0.25) is 0 Å². The molecule has 8 nitrogen and oxygen atoms in total. The summed E-state index contributed by atoms with van der Waals surface area (Å²) in [4.78, 5) is 25.6. The Kier molecular flexibility index (Phi) is 7.17. The first-order valence-electron chi connectivity index (χ1n) is 9.66. The predicted molar refractivity (Wildman–Crippen MR) is 121 cm³/mol. The summed E-state index contributed by atoms with van der Waals surface area (Å²) in [5.41, 5.74) is 1.51. The van der Waals surface area contributed by atoms with Gasteiger partial charge in [0, 0.05) is 23.3 Å². The van der Waals surface area contributed by atoms with Crippen molar-refractivity contribution >= 4 is 23.2 Å². The summed E-state index contributed by atoms with van der Waals surface area (Å²) in [5.74, 6) is 1.31. The summed E-state index contributed by atoms with van der Waals surface area (Å²) in [5, 5.41) is 5.58. The Hall–Kier alpha value is -4.20. The van der Waals surface area contributed by atoms with Gasteiger partial charge in [0.05, 0.1) is 39.8 Å². The number of rotatable bonds is 8. The summed E-state index contributed by atoms with van der Waals surface area (Å²) in [7, 11) is 6.09. The number of carbonyl (C=O) groups excluding carboxylic acids is 2. The number of ether oxygens (including phenoxy) is 4. The fourth-order valence-electron chi connectivity index (χ4n) is 3.01. The van der Waals surface area contributed by atoms with Crippen molar-refractivity contribution in [2.75, 3.05) is 39.1 Å². The number of anilines is 2. The molecule has 0 bridgehead atoms. The zero-order valence-electron chi connectivity index (χ0n) is 18.2. The minimum Gasteiger partial charge on any atom is -0.497 e. The molecule has 0 fully saturated rings. The molecule has 3 rings (SSSR count). The van der Waals surface area contributed by atoms with E-state index in [4.69, 9.17) is 18.9 Å². The third-order valence-corrected chi connectivity index (χ3v) is 4.70. The molecule has 0 aromatic heterocycles. The van der Waals surface area contributed by atoms with Crippen molar-refractivity contribution < 1.29 is 28.5 Å². The summed E-state index contributed by atoms with van der Waals surface area (Å²) >= 11 is 0. The Morgan fingerprint density at radius 2 is 1.03 bits per heavy atom. The normalized spacial score (nSPS) is 10.1. The van der Waals surface area contributed by atoms with Gasteiger partial charge in [0.25, 0.3) is 11.8 Å². The Balaban J connectivity index is 1.81. The molecule has 2 N–H and O–H groups in total. The zero-order valence-corrected chi connectivity index (χ0v) is 18.2. The number of carbonyl (C=O) groups is 2. The van der Waals surface area contributed by atoms with Crippen LogP contribution in [0.3, 0.4) is 0 Å². The Labute approximate surface area is 186 Å². The maximum absolute atomic E-state index is 12.8.